The number of benzene rings is 2. The summed E-state index contributed by atoms with van der Waals surface area (Å²) in [5, 5.41) is 9.88. The molecule has 0 saturated heterocycles. The third-order valence-electron chi connectivity index (χ3n) is 3.25. The highest BCUT2D eigenvalue weighted by molar-refractivity contribution is 6.07. The monoisotopic (exact) mass is 270 g/mol. The standard InChI is InChI=1S/C16H18N2O2/c1-11-3-8-14(15(19)9-11)16(20)18(2)13-6-4-12(10-17)5-7-13/h3-9,19H,10,17H2,1-2H3. The third-order valence-corrected chi connectivity index (χ3v) is 3.25. The lowest BCUT2D eigenvalue weighted by Gasteiger charge is -2.18. The van der Waals surface area contributed by atoms with E-state index in [1.165, 1.54) is 4.90 Å². The van der Waals surface area contributed by atoms with Crippen LogP contribution in [-0.2, 0) is 6.54 Å². The Morgan fingerprint density at radius 3 is 2.40 bits per heavy atom. The number of carbonyl (C=O) groups excluding carboxylic acids is 1. The molecule has 20 heavy (non-hydrogen) atoms. The van der Waals surface area contributed by atoms with Gasteiger partial charge < -0.3 is 15.7 Å². The average Bonchev–Trinajstić information content (AvgIpc) is 2.46. The lowest BCUT2D eigenvalue weighted by Crippen LogP contribution is -2.26. The molecule has 2 aromatic rings. The first kappa shape index (κ1) is 14.1. The van der Waals surface area contributed by atoms with Crippen molar-refractivity contribution in [1.82, 2.24) is 0 Å². The Balaban J connectivity index is 2.27. The fourth-order valence-corrected chi connectivity index (χ4v) is 1.98. The maximum Gasteiger partial charge on any atom is 0.261 e. The van der Waals surface area contributed by atoms with Crippen molar-refractivity contribution in [2.75, 3.05) is 11.9 Å². The Morgan fingerprint density at radius 2 is 1.85 bits per heavy atom. The van der Waals surface area contributed by atoms with Gasteiger partial charge in [-0.05, 0) is 42.3 Å². The zero-order chi connectivity index (χ0) is 14.7. The van der Waals surface area contributed by atoms with Crippen LogP contribution in [0.3, 0.4) is 0 Å². The molecule has 0 aromatic heterocycles. The van der Waals surface area contributed by atoms with Crippen LogP contribution in [0.1, 0.15) is 21.5 Å². The number of rotatable bonds is 3. The van der Waals surface area contributed by atoms with E-state index in [-0.39, 0.29) is 11.7 Å². The molecule has 0 aliphatic rings. The van der Waals surface area contributed by atoms with Gasteiger partial charge in [0.2, 0.25) is 0 Å². The predicted molar refractivity (Wildman–Crippen MR) is 79.9 cm³/mol. The fourth-order valence-electron chi connectivity index (χ4n) is 1.98. The van der Waals surface area contributed by atoms with Crippen molar-refractivity contribution in [3.63, 3.8) is 0 Å². The first-order valence-electron chi connectivity index (χ1n) is 6.39. The molecule has 4 heteroatoms. The highest BCUT2D eigenvalue weighted by atomic mass is 16.3. The number of phenolic OH excluding ortho intramolecular Hbond substituents is 1. The molecule has 0 unspecified atom stereocenters. The average molecular weight is 270 g/mol. The molecule has 0 spiro atoms. The lowest BCUT2D eigenvalue weighted by atomic mass is 10.1. The largest absolute Gasteiger partial charge is 0.507 e. The summed E-state index contributed by atoms with van der Waals surface area (Å²) in [5.41, 5.74) is 8.51. The number of carbonyl (C=O) groups is 1. The first-order valence-corrected chi connectivity index (χ1v) is 6.39. The minimum Gasteiger partial charge on any atom is -0.507 e. The molecule has 0 aliphatic carbocycles. The number of phenols is 1. The van der Waals surface area contributed by atoms with Gasteiger partial charge in [0.05, 0.1) is 5.56 Å². The molecule has 2 rings (SSSR count). The summed E-state index contributed by atoms with van der Waals surface area (Å²) in [4.78, 5) is 13.9. The highest BCUT2D eigenvalue weighted by Gasteiger charge is 2.17. The number of aryl methyl sites for hydroxylation is 1. The van der Waals surface area contributed by atoms with Crippen molar-refractivity contribution in [2.45, 2.75) is 13.5 Å². The van der Waals surface area contributed by atoms with Crippen LogP contribution in [0, 0.1) is 6.92 Å². The van der Waals surface area contributed by atoms with Crippen LogP contribution >= 0.6 is 0 Å². The summed E-state index contributed by atoms with van der Waals surface area (Å²) in [6.45, 7) is 2.33. The minimum absolute atomic E-state index is 0.000397. The Morgan fingerprint density at radius 1 is 1.20 bits per heavy atom. The van der Waals surface area contributed by atoms with Crippen molar-refractivity contribution in [2.24, 2.45) is 5.73 Å². The van der Waals surface area contributed by atoms with Gasteiger partial charge in [-0.25, -0.2) is 0 Å². The van der Waals surface area contributed by atoms with Gasteiger partial charge >= 0.3 is 0 Å². The summed E-state index contributed by atoms with van der Waals surface area (Å²) >= 11 is 0. The van der Waals surface area contributed by atoms with Crippen LogP contribution in [0.25, 0.3) is 0 Å². The molecule has 0 bridgehead atoms. The summed E-state index contributed by atoms with van der Waals surface area (Å²) in [6.07, 6.45) is 0. The van der Waals surface area contributed by atoms with Gasteiger partial charge in [-0.15, -0.1) is 0 Å². The van der Waals surface area contributed by atoms with Crippen LogP contribution in [0.2, 0.25) is 0 Å². The molecular formula is C16H18N2O2. The summed E-state index contributed by atoms with van der Waals surface area (Å²) < 4.78 is 0. The van der Waals surface area contributed by atoms with Gasteiger partial charge in [0.15, 0.2) is 0 Å². The maximum atomic E-state index is 12.4. The van der Waals surface area contributed by atoms with Crippen LogP contribution in [0.4, 0.5) is 5.69 Å². The minimum atomic E-state index is -0.247. The summed E-state index contributed by atoms with van der Waals surface area (Å²) in [7, 11) is 1.68. The zero-order valence-corrected chi connectivity index (χ0v) is 11.6. The highest BCUT2D eigenvalue weighted by Crippen LogP contribution is 2.23. The van der Waals surface area contributed by atoms with Crippen molar-refractivity contribution >= 4 is 11.6 Å². The van der Waals surface area contributed by atoms with E-state index in [0.29, 0.717) is 12.1 Å². The van der Waals surface area contributed by atoms with Crippen LogP contribution in [-0.4, -0.2) is 18.1 Å². The summed E-state index contributed by atoms with van der Waals surface area (Å²) in [5.74, 6) is -0.247. The number of anilines is 1. The lowest BCUT2D eigenvalue weighted by molar-refractivity contribution is 0.0990. The van der Waals surface area contributed by atoms with E-state index in [0.717, 1.165) is 16.8 Å². The maximum absolute atomic E-state index is 12.4. The second kappa shape index (κ2) is 5.75. The molecule has 104 valence electrons. The van der Waals surface area contributed by atoms with Crippen molar-refractivity contribution in [3.05, 3.63) is 59.2 Å². The second-order valence-electron chi connectivity index (χ2n) is 4.76. The Kier molecular flexibility index (Phi) is 4.05. The zero-order valence-electron chi connectivity index (χ0n) is 11.6. The molecule has 0 aliphatic heterocycles. The molecule has 1 amide bonds. The SMILES string of the molecule is Cc1ccc(C(=O)N(C)c2ccc(CN)cc2)c(O)c1. The van der Waals surface area contributed by atoms with Gasteiger partial charge in [0.1, 0.15) is 5.75 Å². The number of aromatic hydroxyl groups is 1. The fraction of sp³-hybridized carbons (Fsp3) is 0.188. The molecule has 4 nitrogen and oxygen atoms in total. The molecule has 0 atom stereocenters. The quantitative estimate of drug-likeness (QED) is 0.900. The molecule has 0 fully saturated rings. The molecule has 0 saturated carbocycles. The van der Waals surface area contributed by atoms with E-state index in [9.17, 15) is 9.90 Å². The summed E-state index contributed by atoms with van der Waals surface area (Å²) in [6, 6.07) is 12.5. The van der Waals surface area contributed by atoms with Crippen LogP contribution < -0.4 is 10.6 Å². The van der Waals surface area contributed by atoms with Crippen molar-refractivity contribution in [1.29, 1.82) is 0 Å². The first-order chi connectivity index (χ1) is 9.52. The number of nitrogens with zero attached hydrogens (tertiary/aromatic N) is 1. The topological polar surface area (TPSA) is 66.6 Å². The molecular weight excluding hydrogens is 252 g/mol. The van der Waals surface area contributed by atoms with Gasteiger partial charge in [-0.1, -0.05) is 18.2 Å². The number of hydrogen-bond acceptors (Lipinski definition) is 3. The molecule has 0 radical (unpaired) electrons. The van der Waals surface area contributed by atoms with E-state index in [2.05, 4.69) is 0 Å². The van der Waals surface area contributed by atoms with E-state index >= 15 is 0 Å². The van der Waals surface area contributed by atoms with Gasteiger partial charge in [-0.2, -0.15) is 0 Å². The second-order valence-corrected chi connectivity index (χ2v) is 4.76. The van der Waals surface area contributed by atoms with E-state index in [4.69, 9.17) is 5.73 Å². The molecule has 2 aromatic carbocycles. The van der Waals surface area contributed by atoms with E-state index in [1.807, 2.05) is 31.2 Å². The Bertz CT molecular complexity index is 621. The smallest absolute Gasteiger partial charge is 0.261 e. The normalized spacial score (nSPS) is 10.3. The number of amides is 1. The van der Waals surface area contributed by atoms with Crippen molar-refractivity contribution < 1.29 is 9.90 Å². The predicted octanol–water partition coefficient (Wildman–Crippen LogP) is 2.44. The number of nitrogens with two attached hydrogens (primary N) is 1. The Labute approximate surface area is 118 Å². The third kappa shape index (κ3) is 2.81. The van der Waals surface area contributed by atoms with E-state index in [1.54, 1.807) is 25.2 Å². The Hall–Kier alpha value is -2.33. The van der Waals surface area contributed by atoms with Crippen LogP contribution in [0.5, 0.6) is 5.75 Å². The van der Waals surface area contributed by atoms with Crippen molar-refractivity contribution in [3.8, 4) is 5.75 Å². The number of hydrogen-bond donors (Lipinski definition) is 2. The van der Waals surface area contributed by atoms with Gasteiger partial charge in [0.25, 0.3) is 5.91 Å². The molecule has 3 N–H and O–H groups in total. The van der Waals surface area contributed by atoms with Gasteiger partial charge in [0, 0.05) is 19.3 Å². The molecule has 0 heterocycles. The van der Waals surface area contributed by atoms with Gasteiger partial charge in [-0.3, -0.25) is 4.79 Å². The van der Waals surface area contributed by atoms with E-state index < -0.39 is 0 Å². The van der Waals surface area contributed by atoms with Crippen LogP contribution in [0.15, 0.2) is 42.5 Å².